The molecule has 5 aromatic rings. The number of H-pyrrole nitrogens is 1. The first-order valence-corrected chi connectivity index (χ1v) is 18.2. The Labute approximate surface area is 297 Å². The number of benzene rings is 3. The summed E-state index contributed by atoms with van der Waals surface area (Å²) in [4.78, 5) is 26.6. The average Bonchev–Trinajstić information content (AvgIpc) is 3.79. The van der Waals surface area contributed by atoms with E-state index in [1.54, 1.807) is 4.68 Å². The van der Waals surface area contributed by atoms with Crippen LogP contribution in [0.3, 0.4) is 0 Å². The zero-order valence-corrected chi connectivity index (χ0v) is 30.6. The monoisotopic (exact) mass is 694 g/mol. The highest BCUT2D eigenvalue weighted by Gasteiger charge is 2.63. The van der Waals surface area contributed by atoms with Crippen LogP contribution >= 0.6 is 23.2 Å². The highest BCUT2D eigenvalue weighted by molar-refractivity contribution is 6.32. The summed E-state index contributed by atoms with van der Waals surface area (Å²) in [6, 6.07) is 25.5. The van der Waals surface area contributed by atoms with Gasteiger partial charge in [0.05, 0.1) is 33.7 Å². The second kappa shape index (κ2) is 10.9. The number of hydrogen-bond donors (Lipinski definition) is 1. The highest BCUT2D eigenvalue weighted by Crippen LogP contribution is 2.68. The van der Waals surface area contributed by atoms with Crippen molar-refractivity contribution < 1.29 is 0 Å². The molecule has 0 amide bonds. The number of fused-ring (bicyclic) bond motifs is 10. The molecule has 4 aliphatic carbocycles. The van der Waals surface area contributed by atoms with Crippen molar-refractivity contribution in [2.24, 2.45) is 10.8 Å². The van der Waals surface area contributed by atoms with Gasteiger partial charge in [0, 0.05) is 27.7 Å². The molecule has 254 valence electrons. The van der Waals surface area contributed by atoms with Gasteiger partial charge in [0.1, 0.15) is 0 Å². The van der Waals surface area contributed by atoms with Crippen LogP contribution in [-0.4, -0.2) is 19.1 Å². The van der Waals surface area contributed by atoms with Crippen LogP contribution in [0.2, 0.25) is 10.0 Å². The summed E-state index contributed by atoms with van der Waals surface area (Å²) in [5.41, 5.74) is 7.46. The summed E-state index contributed by atoms with van der Waals surface area (Å²) in [5.74, 6) is 0.663. The molecular weight excluding hydrogens is 651 g/mol. The summed E-state index contributed by atoms with van der Waals surface area (Å²) in [5, 5.41) is 4.56. The second-order valence-electron chi connectivity index (χ2n) is 16.2. The molecule has 2 saturated carbocycles. The molecule has 0 spiro atoms. The maximum atomic E-state index is 13.7. The third-order valence-corrected chi connectivity index (χ3v) is 14.3. The van der Waals surface area contributed by atoms with E-state index in [4.69, 9.17) is 23.2 Å². The number of nitrogens with zero attached hydrogens (tertiary/aromatic N) is 3. The van der Waals surface area contributed by atoms with E-state index >= 15 is 0 Å². The smallest absolute Gasteiger partial charge is 0.275 e. The molecular formula is C41H44Cl2N4O2. The maximum Gasteiger partial charge on any atom is 0.275 e. The predicted octanol–water partition coefficient (Wildman–Crippen LogP) is 9.51. The van der Waals surface area contributed by atoms with Gasteiger partial charge in [-0.05, 0) is 78.2 Å². The lowest BCUT2D eigenvalue weighted by atomic mass is 9.70. The summed E-state index contributed by atoms with van der Waals surface area (Å²) in [6.07, 6.45) is 4.45. The van der Waals surface area contributed by atoms with Gasteiger partial charge in [-0.15, -0.1) is 0 Å². The van der Waals surface area contributed by atoms with Crippen molar-refractivity contribution >= 4 is 23.2 Å². The minimum absolute atomic E-state index is 0.00650. The Kier molecular flexibility index (Phi) is 7.21. The number of aromatic nitrogens is 4. The fourth-order valence-corrected chi connectivity index (χ4v) is 10.5. The SMILES string of the molecule is CC1(C)[C@@H]2CC[C@@]1(C)c1[nH]n(-c3ccccc3Cl)c(=O)c12.CC1(C)[C@@H]2CC[C@@]1(C)c1c2c(=O)n(-c2ccccc2Cl)n1Cc1ccccc1. The van der Waals surface area contributed by atoms with Crippen molar-refractivity contribution in [2.75, 3.05) is 0 Å². The van der Waals surface area contributed by atoms with Gasteiger partial charge in [0.15, 0.2) is 0 Å². The molecule has 1 N–H and O–H groups in total. The normalized spacial score (nSPS) is 26.4. The molecule has 0 aliphatic heterocycles. The van der Waals surface area contributed by atoms with Crippen molar-refractivity contribution in [3.8, 4) is 11.4 Å². The van der Waals surface area contributed by atoms with Crippen LogP contribution in [0, 0.1) is 10.8 Å². The third-order valence-electron chi connectivity index (χ3n) is 13.7. The van der Waals surface area contributed by atoms with Crippen LogP contribution in [0.15, 0.2) is 88.5 Å². The predicted molar refractivity (Wildman–Crippen MR) is 198 cm³/mol. The van der Waals surface area contributed by atoms with Gasteiger partial charge in [-0.3, -0.25) is 19.4 Å². The highest BCUT2D eigenvalue weighted by atomic mass is 35.5. The lowest BCUT2D eigenvalue weighted by Crippen LogP contribution is -2.36. The minimum atomic E-state index is -0.00650. The quantitative estimate of drug-likeness (QED) is 0.204. The van der Waals surface area contributed by atoms with E-state index in [1.165, 1.54) is 11.3 Å². The lowest BCUT2D eigenvalue weighted by molar-refractivity contribution is 0.216. The van der Waals surface area contributed by atoms with Gasteiger partial charge in [-0.2, -0.15) is 0 Å². The molecule has 3 aromatic carbocycles. The molecule has 4 atom stereocenters. The van der Waals surface area contributed by atoms with E-state index in [9.17, 15) is 9.59 Å². The van der Waals surface area contributed by atoms with Crippen LogP contribution in [0.4, 0.5) is 0 Å². The maximum absolute atomic E-state index is 13.7. The standard InChI is InChI=1S/C24H25ClN2O.C17H19ClN2O/c1-23(2)17-13-14-24(23,3)21-20(17)22(28)27(19-12-8-7-11-18(19)25)26(21)15-16-9-5-4-6-10-16;1-16(2)10-8-9-17(16,3)14-13(10)15(21)20(19-14)12-7-5-4-6-11(12)18/h4-12,17H,13-15H2,1-3H3;4-7,10,19H,8-9H2,1-3H3/t17-,24+;10-,17+/m11/s1. The van der Waals surface area contributed by atoms with Gasteiger partial charge < -0.3 is 0 Å². The van der Waals surface area contributed by atoms with E-state index in [0.29, 0.717) is 28.4 Å². The number of halogens is 2. The summed E-state index contributed by atoms with van der Waals surface area (Å²) in [6.45, 7) is 14.5. The first-order valence-electron chi connectivity index (χ1n) is 17.5. The first kappa shape index (κ1) is 32.5. The summed E-state index contributed by atoms with van der Waals surface area (Å²) >= 11 is 12.8. The van der Waals surface area contributed by atoms with Crippen LogP contribution in [0.5, 0.6) is 0 Å². The zero-order valence-electron chi connectivity index (χ0n) is 29.1. The van der Waals surface area contributed by atoms with E-state index in [2.05, 4.69) is 75.6 Å². The van der Waals surface area contributed by atoms with E-state index < -0.39 is 0 Å². The summed E-state index contributed by atoms with van der Waals surface area (Å²) < 4.78 is 5.65. The molecule has 2 fully saturated rings. The Morgan fingerprint density at radius 1 is 0.673 bits per heavy atom. The molecule has 4 aliphatic rings. The van der Waals surface area contributed by atoms with E-state index in [-0.39, 0.29) is 32.8 Å². The third kappa shape index (κ3) is 4.26. The van der Waals surface area contributed by atoms with Crippen molar-refractivity contribution in [1.29, 1.82) is 0 Å². The van der Waals surface area contributed by atoms with Crippen molar-refractivity contribution in [3.63, 3.8) is 0 Å². The molecule has 9 rings (SSSR count). The molecule has 0 saturated heterocycles. The molecule has 6 nitrogen and oxygen atoms in total. The Hall–Kier alpha value is -3.74. The van der Waals surface area contributed by atoms with Crippen LogP contribution < -0.4 is 11.1 Å². The molecule has 2 aromatic heterocycles. The van der Waals surface area contributed by atoms with Gasteiger partial charge in [0.25, 0.3) is 11.1 Å². The van der Waals surface area contributed by atoms with E-state index in [1.807, 2.05) is 59.3 Å². The number of rotatable bonds is 4. The largest absolute Gasteiger partial charge is 0.294 e. The van der Waals surface area contributed by atoms with Crippen molar-refractivity contribution in [2.45, 2.75) is 96.4 Å². The number of aromatic amines is 1. The van der Waals surface area contributed by atoms with E-state index in [0.717, 1.165) is 53.9 Å². The Balaban J connectivity index is 0.000000148. The molecule has 8 heteroatoms. The van der Waals surface area contributed by atoms with Crippen LogP contribution in [0.25, 0.3) is 11.4 Å². The Bertz CT molecular complexity index is 2240. The van der Waals surface area contributed by atoms with Gasteiger partial charge >= 0.3 is 0 Å². The zero-order chi connectivity index (χ0) is 34.7. The Morgan fingerprint density at radius 3 is 1.82 bits per heavy atom. The van der Waals surface area contributed by atoms with Crippen LogP contribution in [-0.2, 0) is 17.4 Å². The first-order chi connectivity index (χ1) is 23.2. The number of nitrogens with one attached hydrogen (secondary N) is 1. The molecule has 49 heavy (non-hydrogen) atoms. The number of hydrogen-bond acceptors (Lipinski definition) is 2. The average molecular weight is 696 g/mol. The van der Waals surface area contributed by atoms with Crippen molar-refractivity contribution in [3.05, 3.63) is 138 Å². The molecule has 2 heterocycles. The molecule has 0 unspecified atom stereocenters. The topological polar surface area (TPSA) is 64.7 Å². The van der Waals surface area contributed by atoms with Gasteiger partial charge in [-0.25, -0.2) is 9.36 Å². The number of para-hydroxylation sites is 2. The fraction of sp³-hybridized carbons (Fsp3) is 0.415. The van der Waals surface area contributed by atoms with Gasteiger partial charge in [0.2, 0.25) is 0 Å². The van der Waals surface area contributed by atoms with Crippen LogP contribution in [0.1, 0.15) is 107 Å². The fourth-order valence-electron chi connectivity index (χ4n) is 10.1. The van der Waals surface area contributed by atoms with Gasteiger partial charge in [-0.1, -0.05) is 119 Å². The Morgan fingerprint density at radius 2 is 1.20 bits per heavy atom. The van der Waals surface area contributed by atoms with Crippen molar-refractivity contribution in [1.82, 2.24) is 19.1 Å². The minimum Gasteiger partial charge on any atom is -0.294 e. The molecule has 4 bridgehead atoms. The lowest BCUT2D eigenvalue weighted by Gasteiger charge is -2.36. The summed E-state index contributed by atoms with van der Waals surface area (Å²) in [7, 11) is 0. The second-order valence-corrected chi connectivity index (χ2v) is 17.0. The molecule has 0 radical (unpaired) electrons.